The zero-order chi connectivity index (χ0) is 16.4. The molecule has 0 bridgehead atoms. The van der Waals surface area contributed by atoms with Crippen LogP contribution in [0.3, 0.4) is 0 Å². The fourth-order valence-electron chi connectivity index (χ4n) is 2.07. The number of rotatable bonds is 2. The van der Waals surface area contributed by atoms with Gasteiger partial charge in [-0.3, -0.25) is 10.0 Å². The minimum atomic E-state index is -0.601. The SMILES string of the molecule is CC(C)(C)c1cc(C=CC(=O)NO)cc(C(C)(C)C)c1[O-]. The number of benzene rings is 1. The van der Waals surface area contributed by atoms with Crippen molar-refractivity contribution in [2.75, 3.05) is 0 Å². The van der Waals surface area contributed by atoms with E-state index in [1.54, 1.807) is 23.7 Å². The molecule has 1 rings (SSSR count). The Balaban J connectivity index is 3.48. The first-order valence-corrected chi connectivity index (χ1v) is 6.95. The quantitative estimate of drug-likeness (QED) is 0.500. The number of hydroxylamine groups is 1. The highest BCUT2D eigenvalue weighted by molar-refractivity contribution is 5.90. The molecule has 0 aliphatic rings. The van der Waals surface area contributed by atoms with Crippen molar-refractivity contribution < 1.29 is 15.1 Å². The maximum absolute atomic E-state index is 12.7. The Morgan fingerprint density at radius 3 is 1.86 bits per heavy atom. The van der Waals surface area contributed by atoms with Crippen LogP contribution in [0.2, 0.25) is 0 Å². The molecule has 21 heavy (non-hydrogen) atoms. The van der Waals surface area contributed by atoms with E-state index in [4.69, 9.17) is 5.21 Å². The highest BCUT2D eigenvalue weighted by Crippen LogP contribution is 2.38. The molecule has 116 valence electrons. The summed E-state index contributed by atoms with van der Waals surface area (Å²) in [6.45, 7) is 11.9. The second kappa shape index (κ2) is 5.90. The zero-order valence-corrected chi connectivity index (χ0v) is 13.6. The lowest BCUT2D eigenvalue weighted by molar-refractivity contribution is -0.271. The molecule has 0 aromatic heterocycles. The lowest BCUT2D eigenvalue weighted by Crippen LogP contribution is -2.21. The molecular weight excluding hydrogens is 266 g/mol. The first-order chi connectivity index (χ1) is 9.46. The van der Waals surface area contributed by atoms with Gasteiger partial charge in [-0.2, -0.15) is 0 Å². The van der Waals surface area contributed by atoms with E-state index in [9.17, 15) is 9.90 Å². The molecule has 0 unspecified atom stereocenters. The van der Waals surface area contributed by atoms with Gasteiger partial charge in [0.1, 0.15) is 0 Å². The molecule has 4 nitrogen and oxygen atoms in total. The molecule has 0 fully saturated rings. The van der Waals surface area contributed by atoms with Crippen molar-refractivity contribution in [2.45, 2.75) is 52.4 Å². The van der Waals surface area contributed by atoms with Crippen LogP contribution in [0.5, 0.6) is 5.75 Å². The lowest BCUT2D eigenvalue weighted by atomic mass is 9.78. The van der Waals surface area contributed by atoms with Crippen LogP contribution < -0.4 is 10.6 Å². The van der Waals surface area contributed by atoms with Gasteiger partial charge in [-0.05, 0) is 33.6 Å². The third-order valence-electron chi connectivity index (χ3n) is 3.26. The van der Waals surface area contributed by atoms with Crippen molar-refractivity contribution >= 4 is 12.0 Å². The van der Waals surface area contributed by atoms with Gasteiger partial charge in [0.15, 0.2) is 0 Å². The van der Waals surface area contributed by atoms with Crippen molar-refractivity contribution in [2.24, 2.45) is 0 Å². The predicted octanol–water partition coefficient (Wildman–Crippen LogP) is 2.87. The molecule has 0 aliphatic heterocycles. The molecule has 0 saturated carbocycles. The Labute approximate surface area is 126 Å². The molecule has 0 saturated heterocycles. The van der Waals surface area contributed by atoms with Crippen LogP contribution in [0.25, 0.3) is 6.08 Å². The van der Waals surface area contributed by atoms with Gasteiger partial charge < -0.3 is 5.11 Å². The highest BCUT2D eigenvalue weighted by atomic mass is 16.5. The first-order valence-electron chi connectivity index (χ1n) is 6.95. The highest BCUT2D eigenvalue weighted by Gasteiger charge is 2.21. The summed E-state index contributed by atoms with van der Waals surface area (Å²) < 4.78 is 0. The molecule has 0 atom stereocenters. The van der Waals surface area contributed by atoms with E-state index in [0.717, 1.165) is 16.7 Å². The average molecular weight is 290 g/mol. The van der Waals surface area contributed by atoms with Crippen LogP contribution in [-0.4, -0.2) is 11.1 Å². The maximum Gasteiger partial charge on any atom is 0.267 e. The van der Waals surface area contributed by atoms with E-state index in [1.165, 1.54) is 6.08 Å². The van der Waals surface area contributed by atoms with Crippen LogP contribution in [-0.2, 0) is 15.6 Å². The molecular formula is C17H24NO3-. The summed E-state index contributed by atoms with van der Waals surface area (Å²) in [5.74, 6) is -0.547. The van der Waals surface area contributed by atoms with E-state index in [-0.39, 0.29) is 16.6 Å². The van der Waals surface area contributed by atoms with Gasteiger partial charge in [0, 0.05) is 6.08 Å². The number of carbonyl (C=O) groups excluding carboxylic acids is 1. The zero-order valence-electron chi connectivity index (χ0n) is 13.6. The molecule has 1 amide bonds. The third kappa shape index (κ3) is 4.33. The maximum atomic E-state index is 12.7. The minimum absolute atomic E-state index is 0.0544. The number of carbonyl (C=O) groups is 1. The number of hydrogen-bond donors (Lipinski definition) is 2. The van der Waals surface area contributed by atoms with Crippen LogP contribution in [0, 0.1) is 0 Å². The summed E-state index contributed by atoms with van der Waals surface area (Å²) in [6, 6.07) is 3.61. The second-order valence-electron chi connectivity index (χ2n) is 7.25. The lowest BCUT2D eigenvalue weighted by Gasteiger charge is -2.33. The Kier molecular flexibility index (Phi) is 4.84. The Hall–Kier alpha value is -1.81. The molecule has 4 heteroatoms. The number of nitrogens with one attached hydrogen (secondary N) is 1. The summed E-state index contributed by atoms with van der Waals surface area (Å²) in [4.78, 5) is 11.1. The van der Waals surface area contributed by atoms with Crippen LogP contribution in [0.4, 0.5) is 0 Å². The van der Waals surface area contributed by atoms with E-state index in [0.29, 0.717) is 0 Å². The molecule has 1 aromatic rings. The van der Waals surface area contributed by atoms with Crippen molar-refractivity contribution in [1.82, 2.24) is 5.48 Å². The van der Waals surface area contributed by atoms with Crippen LogP contribution >= 0.6 is 0 Å². The van der Waals surface area contributed by atoms with Crippen LogP contribution in [0.15, 0.2) is 18.2 Å². The van der Waals surface area contributed by atoms with E-state index in [1.807, 2.05) is 41.5 Å². The fraction of sp³-hybridized carbons (Fsp3) is 0.471. The molecule has 0 heterocycles. The van der Waals surface area contributed by atoms with Crippen molar-refractivity contribution in [3.63, 3.8) is 0 Å². The average Bonchev–Trinajstić information content (AvgIpc) is 2.34. The predicted molar refractivity (Wildman–Crippen MR) is 82.3 cm³/mol. The van der Waals surface area contributed by atoms with Crippen LogP contribution in [0.1, 0.15) is 58.2 Å². The van der Waals surface area contributed by atoms with E-state index < -0.39 is 5.91 Å². The normalized spacial score (nSPS) is 12.7. The van der Waals surface area contributed by atoms with Gasteiger partial charge in [-0.15, -0.1) is 5.75 Å². The summed E-state index contributed by atoms with van der Waals surface area (Å²) in [6.07, 6.45) is 2.83. The second-order valence-corrected chi connectivity index (χ2v) is 7.25. The summed E-state index contributed by atoms with van der Waals surface area (Å²) in [5.41, 5.74) is 3.21. The molecule has 0 aliphatic carbocycles. The summed E-state index contributed by atoms with van der Waals surface area (Å²) >= 11 is 0. The molecule has 1 aromatic carbocycles. The standard InChI is InChI=1S/C17H25NO3/c1-16(2,3)12-9-11(7-8-14(19)18-21)10-13(15(12)20)17(4,5)6/h7-10,20-21H,1-6H3,(H,18,19)/p-1. The van der Waals surface area contributed by atoms with Crippen molar-refractivity contribution in [3.8, 4) is 5.75 Å². The van der Waals surface area contributed by atoms with Gasteiger partial charge >= 0.3 is 0 Å². The largest absolute Gasteiger partial charge is 0.872 e. The topological polar surface area (TPSA) is 72.4 Å². The fourth-order valence-corrected chi connectivity index (χ4v) is 2.07. The summed E-state index contributed by atoms with van der Waals surface area (Å²) in [7, 11) is 0. The first kappa shape index (κ1) is 17.2. The number of hydrogen-bond acceptors (Lipinski definition) is 3. The van der Waals surface area contributed by atoms with Crippen molar-refractivity contribution in [3.05, 3.63) is 34.9 Å². The Morgan fingerprint density at radius 2 is 1.52 bits per heavy atom. The van der Waals surface area contributed by atoms with Gasteiger partial charge in [0.2, 0.25) is 0 Å². The third-order valence-corrected chi connectivity index (χ3v) is 3.26. The van der Waals surface area contributed by atoms with Gasteiger partial charge in [0.25, 0.3) is 5.91 Å². The van der Waals surface area contributed by atoms with Gasteiger partial charge in [-0.25, -0.2) is 5.48 Å². The molecule has 0 spiro atoms. The summed E-state index contributed by atoms with van der Waals surface area (Å²) in [5, 5.41) is 21.2. The molecule has 2 N–H and O–H groups in total. The van der Waals surface area contributed by atoms with E-state index >= 15 is 0 Å². The monoisotopic (exact) mass is 290 g/mol. The molecule has 0 radical (unpaired) electrons. The minimum Gasteiger partial charge on any atom is -0.872 e. The van der Waals surface area contributed by atoms with Gasteiger partial charge in [-0.1, -0.05) is 53.7 Å². The smallest absolute Gasteiger partial charge is 0.267 e. The van der Waals surface area contributed by atoms with Gasteiger partial charge in [0.05, 0.1) is 0 Å². The Morgan fingerprint density at radius 1 is 1.10 bits per heavy atom. The number of amides is 1. The van der Waals surface area contributed by atoms with E-state index in [2.05, 4.69) is 0 Å². The Bertz CT molecular complexity index is 525. The van der Waals surface area contributed by atoms with Crippen molar-refractivity contribution in [1.29, 1.82) is 0 Å².